The second-order valence-corrected chi connectivity index (χ2v) is 15.3. The monoisotopic (exact) mass is 850 g/mol. The SMILES string of the molecule is C.C.CC(=O)OC(C)=O.COC(=O)C(c1ccccc1Cl)N1CCC2SC(=O)C=C2C1.COC(=O)C(c1ccccc1Cl)N1CCc2sc(OC(C)=O)cc2C1. The number of ether oxygens (including phenoxy) is 4. The van der Waals surface area contributed by atoms with Gasteiger partial charge in [-0.15, -0.1) is 11.3 Å². The van der Waals surface area contributed by atoms with Gasteiger partial charge in [0.05, 0.1) is 14.2 Å². The van der Waals surface area contributed by atoms with Crippen molar-refractivity contribution in [1.29, 1.82) is 0 Å². The van der Waals surface area contributed by atoms with Crippen LogP contribution in [-0.2, 0) is 55.9 Å². The van der Waals surface area contributed by atoms with Gasteiger partial charge in [0, 0.05) is 67.1 Å². The van der Waals surface area contributed by atoms with Gasteiger partial charge in [-0.25, -0.2) is 9.59 Å². The second kappa shape index (κ2) is 22.6. The van der Waals surface area contributed by atoms with Crippen LogP contribution in [0.3, 0.4) is 0 Å². The Hall–Kier alpha value is -4.05. The summed E-state index contributed by atoms with van der Waals surface area (Å²) in [4.78, 5) is 72.3. The van der Waals surface area contributed by atoms with Gasteiger partial charge in [0.15, 0.2) is 5.06 Å². The lowest BCUT2D eigenvalue weighted by atomic mass is 9.98. The molecule has 0 saturated carbocycles. The molecule has 0 spiro atoms. The molecule has 12 nitrogen and oxygen atoms in total. The van der Waals surface area contributed by atoms with E-state index in [1.807, 2.05) is 52.3 Å². The molecule has 3 aliphatic heterocycles. The molecule has 304 valence electrons. The van der Waals surface area contributed by atoms with E-state index in [1.54, 1.807) is 18.2 Å². The van der Waals surface area contributed by atoms with Crippen molar-refractivity contribution in [3.63, 3.8) is 0 Å². The van der Waals surface area contributed by atoms with Crippen molar-refractivity contribution in [3.05, 3.63) is 97.9 Å². The van der Waals surface area contributed by atoms with Crippen molar-refractivity contribution < 1.29 is 47.7 Å². The number of thiophene rings is 1. The smallest absolute Gasteiger partial charge is 0.327 e. The third-order valence-corrected chi connectivity index (χ3v) is 11.4. The van der Waals surface area contributed by atoms with Crippen molar-refractivity contribution in [3.8, 4) is 5.06 Å². The van der Waals surface area contributed by atoms with E-state index in [2.05, 4.69) is 4.74 Å². The highest BCUT2D eigenvalue weighted by Crippen LogP contribution is 2.40. The molecule has 0 radical (unpaired) electrons. The zero-order chi connectivity index (χ0) is 39.5. The summed E-state index contributed by atoms with van der Waals surface area (Å²) in [5.41, 5.74) is 3.62. The van der Waals surface area contributed by atoms with Crippen LogP contribution < -0.4 is 4.74 Å². The average molecular weight is 852 g/mol. The zero-order valence-electron chi connectivity index (χ0n) is 30.3. The van der Waals surface area contributed by atoms with Crippen LogP contribution in [0.5, 0.6) is 5.06 Å². The number of thioether (sulfide) groups is 1. The van der Waals surface area contributed by atoms with Crippen LogP contribution in [0.4, 0.5) is 0 Å². The number of piperidine rings is 1. The van der Waals surface area contributed by atoms with E-state index in [4.69, 9.17) is 37.4 Å². The molecule has 0 amide bonds. The number of hydrogen-bond acceptors (Lipinski definition) is 14. The third kappa shape index (κ3) is 13.0. The molecule has 1 saturated heterocycles. The van der Waals surface area contributed by atoms with Crippen molar-refractivity contribution in [2.75, 3.05) is 33.9 Å². The first kappa shape index (κ1) is 48.1. The van der Waals surface area contributed by atoms with E-state index in [1.165, 1.54) is 63.0 Å². The number of benzene rings is 2. The molecule has 1 fully saturated rings. The Morgan fingerprint density at radius 1 is 0.768 bits per heavy atom. The summed E-state index contributed by atoms with van der Waals surface area (Å²) in [7, 11) is 2.76. The summed E-state index contributed by atoms with van der Waals surface area (Å²) in [6, 6.07) is 15.4. The molecule has 56 heavy (non-hydrogen) atoms. The topological polar surface area (TPSA) is 146 Å². The normalized spacial score (nSPS) is 16.8. The fraction of sp³-hybridized carbons (Fsp3) is 0.400. The van der Waals surface area contributed by atoms with E-state index in [9.17, 15) is 28.8 Å². The van der Waals surface area contributed by atoms with Gasteiger partial charge < -0.3 is 18.9 Å². The lowest BCUT2D eigenvalue weighted by Crippen LogP contribution is -2.42. The van der Waals surface area contributed by atoms with Crippen LogP contribution in [0.1, 0.15) is 75.7 Å². The molecular weight excluding hydrogens is 803 g/mol. The first-order valence-electron chi connectivity index (χ1n) is 16.7. The number of hydrogen-bond donors (Lipinski definition) is 0. The van der Waals surface area contributed by atoms with Crippen molar-refractivity contribution in [2.45, 2.75) is 72.3 Å². The van der Waals surface area contributed by atoms with E-state index in [0.29, 0.717) is 34.7 Å². The Bertz CT molecular complexity index is 1900. The zero-order valence-corrected chi connectivity index (χ0v) is 33.4. The van der Waals surface area contributed by atoms with Gasteiger partial charge in [-0.05, 0) is 59.4 Å². The van der Waals surface area contributed by atoms with Crippen LogP contribution in [0.15, 0.2) is 66.2 Å². The number of nitrogens with zero attached hydrogens (tertiary/aromatic N) is 2. The number of esters is 5. The quantitative estimate of drug-likeness (QED) is 0.130. The predicted molar refractivity (Wildman–Crippen MR) is 219 cm³/mol. The lowest BCUT2D eigenvalue weighted by Gasteiger charge is -2.36. The van der Waals surface area contributed by atoms with Crippen LogP contribution in [0, 0.1) is 0 Å². The van der Waals surface area contributed by atoms with Crippen molar-refractivity contribution in [2.24, 2.45) is 0 Å². The average Bonchev–Trinajstić information content (AvgIpc) is 3.70. The van der Waals surface area contributed by atoms with Gasteiger partial charge >= 0.3 is 29.8 Å². The predicted octanol–water partition coefficient (Wildman–Crippen LogP) is 7.80. The number of methoxy groups -OCH3 is 2. The van der Waals surface area contributed by atoms with Gasteiger partial charge in [0.1, 0.15) is 12.1 Å². The maximum atomic E-state index is 12.4. The Kier molecular flexibility index (Phi) is 19.4. The van der Waals surface area contributed by atoms with E-state index < -0.39 is 24.0 Å². The molecule has 0 aliphatic carbocycles. The summed E-state index contributed by atoms with van der Waals surface area (Å²) in [5, 5.41) is 2.04. The lowest BCUT2D eigenvalue weighted by molar-refractivity contribution is -0.156. The molecule has 3 aromatic rings. The summed E-state index contributed by atoms with van der Waals surface area (Å²) < 4.78 is 19.1. The fourth-order valence-corrected chi connectivity index (χ4v) is 8.75. The highest BCUT2D eigenvalue weighted by molar-refractivity contribution is 8.15. The van der Waals surface area contributed by atoms with Crippen molar-refractivity contribution in [1.82, 2.24) is 9.80 Å². The van der Waals surface area contributed by atoms with Gasteiger partial charge in [-0.2, -0.15) is 0 Å². The second-order valence-electron chi connectivity index (χ2n) is 12.2. The number of carbonyl (C=O) groups is 6. The summed E-state index contributed by atoms with van der Waals surface area (Å²) >= 11 is 15.4. The minimum atomic E-state index is -0.566. The van der Waals surface area contributed by atoms with E-state index >= 15 is 0 Å². The summed E-state index contributed by atoms with van der Waals surface area (Å²) in [5.74, 6) is -2.13. The molecule has 3 atom stereocenters. The molecule has 3 aliphatic rings. The molecule has 3 unspecified atom stereocenters. The molecular formula is C40H48Cl2N2O10S2. The number of likely N-dealkylation sites (tertiary alicyclic amines) is 1. The van der Waals surface area contributed by atoms with Gasteiger partial charge in [-0.1, -0.05) is 86.2 Å². The number of fused-ring (bicyclic) bond motifs is 2. The standard InChI is InChI=1S/C18H18ClNO4S.C16H16ClNO3S.C4H6O3.2CH4/c1-11(21)24-16-9-12-10-20(8-7-15(12)25-16)17(18(22)23-2)13-5-3-4-6-14(13)19;1-21-16(20)15(11-4-2-3-5-12(11)17)18-7-6-13-10(9-18)8-14(19)22-13;1-3(5)7-4(2)6;;/h3-6,9,17H,7-8,10H2,1-2H3;2-5,8,13,15H,6-7,9H2,1H3;1-2H3;2*1H4. The number of rotatable bonds is 7. The molecule has 6 rings (SSSR count). The van der Waals surface area contributed by atoms with Crippen LogP contribution in [-0.4, -0.2) is 83.9 Å². The first-order chi connectivity index (χ1) is 25.7. The molecule has 4 heterocycles. The van der Waals surface area contributed by atoms with Gasteiger partial charge in [-0.3, -0.25) is 29.0 Å². The number of carbonyl (C=O) groups excluding carboxylic acids is 6. The molecule has 2 aromatic carbocycles. The van der Waals surface area contributed by atoms with Crippen LogP contribution >= 0.6 is 46.3 Å². The molecule has 0 N–H and O–H groups in total. The van der Waals surface area contributed by atoms with Crippen LogP contribution in [0.25, 0.3) is 0 Å². The number of halogens is 2. The third-order valence-electron chi connectivity index (χ3n) is 8.42. The Morgan fingerprint density at radius 2 is 1.29 bits per heavy atom. The minimum Gasteiger partial charge on any atom is -0.468 e. The summed E-state index contributed by atoms with van der Waals surface area (Å²) in [6.45, 7) is 6.33. The maximum Gasteiger partial charge on any atom is 0.327 e. The van der Waals surface area contributed by atoms with Crippen LogP contribution in [0.2, 0.25) is 10.0 Å². The highest BCUT2D eigenvalue weighted by Gasteiger charge is 2.38. The highest BCUT2D eigenvalue weighted by atomic mass is 35.5. The minimum absolute atomic E-state index is 0. The fourth-order valence-electron chi connectivity index (χ4n) is 6.21. The molecule has 1 aromatic heterocycles. The Balaban J connectivity index is 0.000000323. The van der Waals surface area contributed by atoms with Crippen molar-refractivity contribution >= 4 is 81.3 Å². The largest absolute Gasteiger partial charge is 0.468 e. The Morgan fingerprint density at radius 3 is 1.75 bits per heavy atom. The Labute approximate surface area is 346 Å². The van der Waals surface area contributed by atoms with E-state index in [-0.39, 0.29) is 43.1 Å². The van der Waals surface area contributed by atoms with Gasteiger partial charge in [0.25, 0.3) is 0 Å². The molecule has 0 bridgehead atoms. The van der Waals surface area contributed by atoms with Gasteiger partial charge in [0.2, 0.25) is 5.12 Å². The maximum absolute atomic E-state index is 12.4. The molecule has 16 heteroatoms. The van der Waals surface area contributed by atoms with E-state index in [0.717, 1.165) is 41.6 Å². The first-order valence-corrected chi connectivity index (χ1v) is 19.2. The summed E-state index contributed by atoms with van der Waals surface area (Å²) in [6.07, 6.45) is 3.32.